The Bertz CT molecular complexity index is 934. The number of nitrogens with zero attached hydrogens (tertiary/aromatic N) is 1. The van der Waals surface area contributed by atoms with Gasteiger partial charge in [-0.25, -0.2) is 0 Å². The Morgan fingerprint density at radius 3 is 2.68 bits per heavy atom. The van der Waals surface area contributed by atoms with Crippen LogP contribution in [0, 0.1) is 0 Å². The molecule has 1 aromatic heterocycles. The summed E-state index contributed by atoms with van der Waals surface area (Å²) >= 11 is 1.23. The van der Waals surface area contributed by atoms with Crippen LogP contribution in [0.25, 0.3) is 0 Å². The van der Waals surface area contributed by atoms with Gasteiger partial charge in [0.25, 0.3) is 5.91 Å². The van der Waals surface area contributed by atoms with Crippen molar-refractivity contribution in [1.29, 1.82) is 0 Å². The van der Waals surface area contributed by atoms with Crippen LogP contribution in [0.5, 0.6) is 5.75 Å². The van der Waals surface area contributed by atoms with Gasteiger partial charge in [-0.15, -0.1) is 11.3 Å². The quantitative estimate of drug-likeness (QED) is 0.436. The van der Waals surface area contributed by atoms with Crippen LogP contribution in [-0.2, 0) is 14.3 Å². The van der Waals surface area contributed by atoms with E-state index in [9.17, 15) is 19.5 Å². The molecule has 0 saturated carbocycles. The number of methoxy groups -OCH3 is 1. The molecular weight excluding hydrogens is 382 g/mol. The summed E-state index contributed by atoms with van der Waals surface area (Å²) in [5.74, 6) is -1.82. The highest BCUT2D eigenvalue weighted by Crippen LogP contribution is 2.40. The van der Waals surface area contributed by atoms with Crippen molar-refractivity contribution in [2.24, 2.45) is 0 Å². The molecule has 1 aliphatic rings. The first-order valence-corrected chi connectivity index (χ1v) is 9.41. The van der Waals surface area contributed by atoms with Gasteiger partial charge in [-0.05, 0) is 29.1 Å². The summed E-state index contributed by atoms with van der Waals surface area (Å²) in [7, 11) is 1.50. The smallest absolute Gasteiger partial charge is 0.308 e. The number of hydrogen-bond donors (Lipinski definition) is 1. The average molecular weight is 401 g/mol. The summed E-state index contributed by atoms with van der Waals surface area (Å²) in [6.07, 6.45) is 0. The molecule has 0 bridgehead atoms. The lowest BCUT2D eigenvalue weighted by atomic mass is 9.95. The maximum absolute atomic E-state index is 13.0. The molecule has 2 aromatic rings. The molecule has 1 atom stereocenters. The molecule has 1 aromatic carbocycles. The molecule has 146 valence electrons. The molecule has 0 fully saturated rings. The van der Waals surface area contributed by atoms with Crippen LogP contribution >= 0.6 is 11.3 Å². The molecule has 2 heterocycles. The Kier molecular flexibility index (Phi) is 5.91. The fraction of sp³-hybridized carbons (Fsp3) is 0.250. The van der Waals surface area contributed by atoms with Crippen molar-refractivity contribution in [3.63, 3.8) is 0 Å². The second-order valence-electron chi connectivity index (χ2n) is 6.13. The van der Waals surface area contributed by atoms with E-state index in [-0.39, 0.29) is 18.7 Å². The van der Waals surface area contributed by atoms with E-state index in [4.69, 9.17) is 9.47 Å². The second kappa shape index (κ2) is 8.37. The molecule has 0 radical (unpaired) electrons. The highest BCUT2D eigenvalue weighted by atomic mass is 32.1. The highest BCUT2D eigenvalue weighted by Gasteiger charge is 2.43. The first kappa shape index (κ1) is 19.8. The van der Waals surface area contributed by atoms with E-state index in [1.54, 1.807) is 41.8 Å². The van der Waals surface area contributed by atoms with Crippen LogP contribution in [0.2, 0.25) is 0 Å². The number of aliphatic hydroxyl groups excluding tert-OH is 1. The molecule has 0 aliphatic carbocycles. The van der Waals surface area contributed by atoms with Gasteiger partial charge in [0, 0.05) is 20.6 Å². The summed E-state index contributed by atoms with van der Waals surface area (Å²) in [4.78, 5) is 38.8. The normalized spacial score (nSPS) is 16.6. The monoisotopic (exact) mass is 401 g/mol. The summed E-state index contributed by atoms with van der Waals surface area (Å²) in [6, 6.07) is 9.12. The number of carbonyl (C=O) groups is 3. The Morgan fingerprint density at radius 2 is 2.04 bits per heavy atom. The lowest BCUT2D eigenvalue weighted by Gasteiger charge is -2.26. The van der Waals surface area contributed by atoms with Crippen molar-refractivity contribution in [2.45, 2.75) is 13.0 Å². The molecule has 0 spiro atoms. The van der Waals surface area contributed by atoms with E-state index in [1.807, 2.05) is 0 Å². The number of Topliss-reactive ketones (excluding diaryl/α,β-unsaturated/α-hetero) is 1. The van der Waals surface area contributed by atoms with Crippen LogP contribution in [0.3, 0.4) is 0 Å². The van der Waals surface area contributed by atoms with Crippen molar-refractivity contribution in [2.75, 3.05) is 20.3 Å². The number of benzene rings is 1. The molecule has 0 saturated heterocycles. The van der Waals surface area contributed by atoms with E-state index < -0.39 is 29.5 Å². The van der Waals surface area contributed by atoms with E-state index in [0.29, 0.717) is 16.2 Å². The first-order chi connectivity index (χ1) is 13.4. The number of thiophene rings is 1. The van der Waals surface area contributed by atoms with Gasteiger partial charge in [-0.3, -0.25) is 14.4 Å². The van der Waals surface area contributed by atoms with Crippen molar-refractivity contribution < 1.29 is 29.0 Å². The number of ether oxygens (including phenoxy) is 2. The van der Waals surface area contributed by atoms with Gasteiger partial charge in [0.15, 0.2) is 5.76 Å². The fourth-order valence-corrected chi connectivity index (χ4v) is 3.78. The summed E-state index contributed by atoms with van der Waals surface area (Å²) in [5, 5.41) is 12.2. The topological polar surface area (TPSA) is 93.1 Å². The Balaban J connectivity index is 2.07. The van der Waals surface area contributed by atoms with E-state index in [0.717, 1.165) is 0 Å². The second-order valence-corrected chi connectivity index (χ2v) is 7.08. The number of ketones is 1. The molecular formula is C20H19NO6S. The third-order valence-corrected chi connectivity index (χ3v) is 5.13. The van der Waals surface area contributed by atoms with Gasteiger partial charge in [-0.1, -0.05) is 18.2 Å². The molecule has 3 rings (SSSR count). The Labute approximate surface area is 165 Å². The minimum Gasteiger partial charge on any atom is -0.503 e. The zero-order valence-electron chi connectivity index (χ0n) is 15.4. The number of esters is 1. The molecule has 7 nitrogen and oxygen atoms in total. The standard InChI is InChI=1S/C20H19NO6S/c1-12(22)27-14-6-3-5-13(11-14)17-16(18(23)15-7-4-10-28-15)19(24)20(25)21(17)8-9-26-2/h3-7,10-11,17,24H,8-9H2,1-2H3. The zero-order chi connectivity index (χ0) is 20.3. The average Bonchev–Trinajstić information content (AvgIpc) is 3.28. The largest absolute Gasteiger partial charge is 0.503 e. The highest BCUT2D eigenvalue weighted by molar-refractivity contribution is 7.12. The van der Waals surface area contributed by atoms with E-state index >= 15 is 0 Å². The number of rotatable bonds is 7. The van der Waals surface area contributed by atoms with Crippen LogP contribution in [0.15, 0.2) is 53.1 Å². The summed E-state index contributed by atoms with van der Waals surface area (Å²) in [5.41, 5.74) is 0.552. The Hall–Kier alpha value is -2.97. The molecule has 1 unspecified atom stereocenters. The third-order valence-electron chi connectivity index (χ3n) is 4.26. The van der Waals surface area contributed by atoms with Gasteiger partial charge in [0.1, 0.15) is 5.75 Å². The lowest BCUT2D eigenvalue weighted by Crippen LogP contribution is -2.34. The Morgan fingerprint density at radius 1 is 1.25 bits per heavy atom. The van der Waals surface area contributed by atoms with Gasteiger partial charge < -0.3 is 19.5 Å². The van der Waals surface area contributed by atoms with E-state index in [2.05, 4.69) is 0 Å². The number of carbonyl (C=O) groups excluding carboxylic acids is 3. The molecule has 28 heavy (non-hydrogen) atoms. The van der Waals surface area contributed by atoms with Crippen molar-refractivity contribution in [3.8, 4) is 5.75 Å². The lowest BCUT2D eigenvalue weighted by molar-refractivity contribution is -0.132. The predicted octanol–water partition coefficient (Wildman–Crippen LogP) is 2.90. The molecule has 1 amide bonds. The minimum atomic E-state index is -0.812. The van der Waals surface area contributed by atoms with Crippen molar-refractivity contribution >= 4 is 29.0 Å². The molecule has 8 heteroatoms. The van der Waals surface area contributed by atoms with Gasteiger partial charge in [-0.2, -0.15) is 0 Å². The predicted molar refractivity (Wildman–Crippen MR) is 102 cm³/mol. The number of amides is 1. The van der Waals surface area contributed by atoms with Gasteiger partial charge >= 0.3 is 5.97 Å². The molecule has 1 aliphatic heterocycles. The summed E-state index contributed by atoms with van der Waals surface area (Å²) in [6.45, 7) is 1.71. The van der Waals surface area contributed by atoms with Crippen LogP contribution in [0.1, 0.15) is 28.2 Å². The third kappa shape index (κ3) is 3.83. The van der Waals surface area contributed by atoms with E-state index in [1.165, 1.54) is 30.3 Å². The first-order valence-electron chi connectivity index (χ1n) is 8.53. The maximum atomic E-state index is 13.0. The fourth-order valence-electron chi connectivity index (χ4n) is 3.11. The van der Waals surface area contributed by atoms with Crippen molar-refractivity contribution in [3.05, 3.63) is 63.6 Å². The van der Waals surface area contributed by atoms with Gasteiger partial charge in [0.2, 0.25) is 5.78 Å². The van der Waals surface area contributed by atoms with Crippen LogP contribution in [-0.4, -0.2) is 47.9 Å². The van der Waals surface area contributed by atoms with Crippen LogP contribution in [0.4, 0.5) is 0 Å². The van der Waals surface area contributed by atoms with Crippen LogP contribution < -0.4 is 4.74 Å². The van der Waals surface area contributed by atoms with Gasteiger partial charge in [0.05, 0.1) is 23.1 Å². The zero-order valence-corrected chi connectivity index (χ0v) is 16.2. The summed E-state index contributed by atoms with van der Waals surface area (Å²) < 4.78 is 10.2. The maximum Gasteiger partial charge on any atom is 0.308 e. The number of aliphatic hydroxyl groups is 1. The van der Waals surface area contributed by atoms with Crippen molar-refractivity contribution in [1.82, 2.24) is 4.90 Å². The SMILES string of the molecule is COCCN1C(=O)C(O)=C(C(=O)c2cccs2)C1c1cccc(OC(C)=O)c1. The molecule has 1 N–H and O–H groups in total. The number of hydrogen-bond acceptors (Lipinski definition) is 7. The minimum absolute atomic E-state index is 0.00327.